The number of carboxylic acids is 1. The molecular formula is C10H18N2O3. The van der Waals surface area contributed by atoms with Crippen molar-refractivity contribution in [3.63, 3.8) is 0 Å². The van der Waals surface area contributed by atoms with Crippen molar-refractivity contribution in [2.45, 2.75) is 44.6 Å². The zero-order valence-corrected chi connectivity index (χ0v) is 8.82. The summed E-state index contributed by atoms with van der Waals surface area (Å²) in [4.78, 5) is 23.1. The summed E-state index contributed by atoms with van der Waals surface area (Å²) < 4.78 is 0. The third kappa shape index (κ3) is 3.77. The van der Waals surface area contributed by atoms with Gasteiger partial charge in [0.2, 0.25) is 0 Å². The Balaban J connectivity index is 2.48. The van der Waals surface area contributed by atoms with Gasteiger partial charge in [0.15, 0.2) is 0 Å². The van der Waals surface area contributed by atoms with Gasteiger partial charge < -0.3 is 15.7 Å². The SMILES string of the molecule is NC(=O)N(CCC(=O)O)C1CCCCC1. The monoisotopic (exact) mass is 214 g/mol. The lowest BCUT2D eigenvalue weighted by molar-refractivity contribution is -0.137. The van der Waals surface area contributed by atoms with Crippen molar-refractivity contribution in [1.29, 1.82) is 0 Å². The highest BCUT2D eigenvalue weighted by Gasteiger charge is 2.23. The summed E-state index contributed by atoms with van der Waals surface area (Å²) in [5.41, 5.74) is 5.25. The summed E-state index contributed by atoms with van der Waals surface area (Å²) in [6, 6.07) is -0.348. The smallest absolute Gasteiger partial charge is 0.315 e. The van der Waals surface area contributed by atoms with Crippen LogP contribution in [-0.2, 0) is 4.79 Å². The highest BCUT2D eigenvalue weighted by molar-refractivity contribution is 5.73. The lowest BCUT2D eigenvalue weighted by Gasteiger charge is -2.32. The Bertz CT molecular complexity index is 237. The van der Waals surface area contributed by atoms with Crippen LogP contribution in [0, 0.1) is 0 Å². The quantitative estimate of drug-likeness (QED) is 0.736. The van der Waals surface area contributed by atoms with Crippen LogP contribution in [0.5, 0.6) is 0 Å². The molecule has 5 heteroatoms. The molecule has 2 amide bonds. The van der Waals surface area contributed by atoms with Crippen LogP contribution < -0.4 is 5.73 Å². The van der Waals surface area contributed by atoms with E-state index in [1.165, 1.54) is 11.3 Å². The van der Waals surface area contributed by atoms with Crippen molar-refractivity contribution < 1.29 is 14.7 Å². The lowest BCUT2D eigenvalue weighted by atomic mass is 9.94. The van der Waals surface area contributed by atoms with Crippen LogP contribution in [0.4, 0.5) is 4.79 Å². The number of aliphatic carboxylic acids is 1. The van der Waals surface area contributed by atoms with E-state index in [1.54, 1.807) is 0 Å². The van der Waals surface area contributed by atoms with Gasteiger partial charge in [0.1, 0.15) is 0 Å². The summed E-state index contributed by atoms with van der Waals surface area (Å²) in [6.45, 7) is 0.231. The molecule has 1 rings (SSSR count). The van der Waals surface area contributed by atoms with E-state index in [0.29, 0.717) is 0 Å². The molecule has 0 radical (unpaired) electrons. The lowest BCUT2D eigenvalue weighted by Crippen LogP contribution is -2.45. The summed E-state index contributed by atoms with van der Waals surface area (Å²) in [7, 11) is 0. The van der Waals surface area contributed by atoms with E-state index in [9.17, 15) is 9.59 Å². The summed E-state index contributed by atoms with van der Waals surface area (Å²) in [6.07, 6.45) is 5.26. The molecule has 3 N–H and O–H groups in total. The molecule has 15 heavy (non-hydrogen) atoms. The second kappa shape index (κ2) is 5.58. The molecule has 0 aromatic heterocycles. The van der Waals surface area contributed by atoms with Crippen molar-refractivity contribution >= 4 is 12.0 Å². The Hall–Kier alpha value is -1.26. The predicted molar refractivity (Wildman–Crippen MR) is 55.4 cm³/mol. The number of carbonyl (C=O) groups is 2. The van der Waals surface area contributed by atoms with Gasteiger partial charge in [-0.2, -0.15) is 0 Å². The van der Waals surface area contributed by atoms with Crippen LogP contribution in [0.15, 0.2) is 0 Å². The first-order chi connectivity index (χ1) is 7.11. The van der Waals surface area contributed by atoms with E-state index in [1.807, 2.05) is 0 Å². The summed E-state index contributed by atoms with van der Waals surface area (Å²) in [5, 5.41) is 8.56. The maximum Gasteiger partial charge on any atom is 0.315 e. The Morgan fingerprint density at radius 3 is 2.33 bits per heavy atom. The van der Waals surface area contributed by atoms with E-state index < -0.39 is 12.0 Å². The number of primary amides is 1. The minimum Gasteiger partial charge on any atom is -0.481 e. The van der Waals surface area contributed by atoms with Gasteiger partial charge in [-0.3, -0.25) is 4.79 Å². The van der Waals surface area contributed by atoms with Crippen molar-refractivity contribution in [2.75, 3.05) is 6.54 Å². The first kappa shape index (κ1) is 11.8. The van der Waals surface area contributed by atoms with E-state index in [4.69, 9.17) is 10.8 Å². The largest absolute Gasteiger partial charge is 0.481 e. The number of nitrogens with zero attached hydrogens (tertiary/aromatic N) is 1. The molecule has 1 aliphatic carbocycles. The van der Waals surface area contributed by atoms with Gasteiger partial charge in [-0.15, -0.1) is 0 Å². The molecule has 0 spiro atoms. The third-order valence-corrected chi connectivity index (χ3v) is 2.87. The molecule has 1 fully saturated rings. The normalized spacial score (nSPS) is 17.3. The molecule has 0 aromatic carbocycles. The van der Waals surface area contributed by atoms with Crippen molar-refractivity contribution in [3.8, 4) is 0 Å². The Morgan fingerprint density at radius 1 is 1.27 bits per heavy atom. The van der Waals surface area contributed by atoms with E-state index in [-0.39, 0.29) is 19.0 Å². The molecular weight excluding hydrogens is 196 g/mol. The topological polar surface area (TPSA) is 83.6 Å². The molecule has 1 aliphatic rings. The molecule has 5 nitrogen and oxygen atoms in total. The molecule has 0 atom stereocenters. The standard InChI is InChI=1S/C10H18N2O3/c11-10(15)12(7-6-9(13)14)8-4-2-1-3-5-8/h8H,1-7H2,(H2,11,15)(H,13,14). The van der Waals surface area contributed by atoms with Gasteiger partial charge in [-0.25, -0.2) is 4.79 Å². The average molecular weight is 214 g/mol. The Labute approximate surface area is 89.2 Å². The number of hydrogen-bond donors (Lipinski definition) is 2. The Morgan fingerprint density at radius 2 is 1.87 bits per heavy atom. The summed E-state index contributed by atoms with van der Waals surface area (Å²) >= 11 is 0. The van der Waals surface area contributed by atoms with Crippen LogP contribution >= 0.6 is 0 Å². The van der Waals surface area contributed by atoms with Gasteiger partial charge in [0.25, 0.3) is 0 Å². The number of amides is 2. The predicted octanol–water partition coefficient (Wildman–Crippen LogP) is 1.17. The molecule has 0 unspecified atom stereocenters. The van der Waals surface area contributed by atoms with E-state index in [2.05, 4.69) is 0 Å². The van der Waals surface area contributed by atoms with Gasteiger partial charge >= 0.3 is 12.0 Å². The molecule has 0 aromatic rings. The van der Waals surface area contributed by atoms with Crippen LogP contribution in [0.2, 0.25) is 0 Å². The maximum atomic E-state index is 11.2. The maximum absolute atomic E-state index is 11.2. The molecule has 0 heterocycles. The van der Waals surface area contributed by atoms with Gasteiger partial charge in [0.05, 0.1) is 6.42 Å². The van der Waals surface area contributed by atoms with Crippen molar-refractivity contribution in [1.82, 2.24) is 4.90 Å². The second-order valence-corrected chi connectivity index (χ2v) is 3.97. The van der Waals surface area contributed by atoms with Gasteiger partial charge in [0, 0.05) is 12.6 Å². The van der Waals surface area contributed by atoms with Crippen LogP contribution in [0.3, 0.4) is 0 Å². The van der Waals surface area contributed by atoms with Crippen LogP contribution in [-0.4, -0.2) is 34.6 Å². The number of carboxylic acid groups (broad SMARTS) is 1. The number of rotatable bonds is 4. The highest BCUT2D eigenvalue weighted by Crippen LogP contribution is 2.22. The molecule has 86 valence electrons. The first-order valence-electron chi connectivity index (χ1n) is 5.39. The summed E-state index contributed by atoms with van der Waals surface area (Å²) in [5.74, 6) is -0.892. The first-order valence-corrected chi connectivity index (χ1v) is 5.39. The Kier molecular flexibility index (Phi) is 4.39. The number of carbonyl (C=O) groups excluding carboxylic acids is 1. The highest BCUT2D eigenvalue weighted by atomic mass is 16.4. The zero-order chi connectivity index (χ0) is 11.3. The van der Waals surface area contributed by atoms with E-state index >= 15 is 0 Å². The number of hydrogen-bond acceptors (Lipinski definition) is 2. The van der Waals surface area contributed by atoms with Gasteiger partial charge in [-0.1, -0.05) is 19.3 Å². The van der Waals surface area contributed by atoms with Crippen molar-refractivity contribution in [3.05, 3.63) is 0 Å². The van der Waals surface area contributed by atoms with Gasteiger partial charge in [-0.05, 0) is 12.8 Å². The number of urea groups is 1. The van der Waals surface area contributed by atoms with Crippen LogP contribution in [0.1, 0.15) is 38.5 Å². The second-order valence-electron chi connectivity index (χ2n) is 3.97. The fourth-order valence-corrected chi connectivity index (χ4v) is 2.08. The fraction of sp³-hybridized carbons (Fsp3) is 0.800. The minimum absolute atomic E-state index is 0.0283. The van der Waals surface area contributed by atoms with Crippen LogP contribution in [0.25, 0.3) is 0 Å². The zero-order valence-electron chi connectivity index (χ0n) is 8.82. The molecule has 0 saturated heterocycles. The molecule has 0 aliphatic heterocycles. The average Bonchev–Trinajstić information content (AvgIpc) is 2.18. The van der Waals surface area contributed by atoms with E-state index in [0.717, 1.165) is 25.7 Å². The molecule has 1 saturated carbocycles. The fourth-order valence-electron chi connectivity index (χ4n) is 2.08. The van der Waals surface area contributed by atoms with Crippen molar-refractivity contribution in [2.24, 2.45) is 5.73 Å². The minimum atomic E-state index is -0.892. The molecule has 0 bridgehead atoms. The third-order valence-electron chi connectivity index (χ3n) is 2.87. The number of nitrogens with two attached hydrogens (primary N) is 1.